The molecule has 11 rings (SSSR count). The smallest absolute Gasteiger partial charge is 0.159 e. The molecule has 246 valence electrons. The number of rotatable bonds is 5. The Morgan fingerprint density at radius 1 is 0.500 bits per heavy atom. The molecular weight excluding hydrogens is 655 g/mol. The maximum atomic E-state index is 6.86. The van der Waals surface area contributed by atoms with E-state index in [1.807, 2.05) is 23.5 Å². The molecule has 1 aliphatic rings. The number of hydrogen-bond acceptors (Lipinski definition) is 4. The summed E-state index contributed by atoms with van der Waals surface area (Å²) in [6.45, 7) is 0. The van der Waals surface area contributed by atoms with Crippen molar-refractivity contribution in [1.29, 1.82) is 0 Å². The number of hydrogen-bond donors (Lipinski definition) is 0. The average molecular weight is 686 g/mol. The van der Waals surface area contributed by atoms with E-state index in [2.05, 4.69) is 157 Å². The maximum absolute atomic E-state index is 6.86. The van der Waals surface area contributed by atoms with Gasteiger partial charge in [-0.3, -0.25) is 0 Å². The van der Waals surface area contributed by atoms with Gasteiger partial charge in [0, 0.05) is 41.9 Å². The highest BCUT2D eigenvalue weighted by Gasteiger charge is 2.29. The van der Waals surface area contributed by atoms with E-state index in [1.165, 1.54) is 36.9 Å². The number of allylic oxidation sites excluding steroid dienone is 4. The Hall–Kier alpha value is -6.36. The second kappa shape index (κ2) is 11.6. The highest BCUT2D eigenvalue weighted by molar-refractivity contribution is 7.26. The third-order valence-corrected chi connectivity index (χ3v) is 11.7. The monoisotopic (exact) mass is 685 g/mol. The summed E-state index contributed by atoms with van der Waals surface area (Å²) in [7, 11) is 0. The van der Waals surface area contributed by atoms with E-state index >= 15 is 0 Å². The Balaban J connectivity index is 1.34. The van der Waals surface area contributed by atoms with E-state index in [4.69, 9.17) is 8.83 Å². The van der Waals surface area contributed by atoms with Crippen LogP contribution in [0.3, 0.4) is 0 Å². The Bertz CT molecular complexity index is 3080. The van der Waals surface area contributed by atoms with Crippen LogP contribution in [-0.4, -0.2) is 0 Å². The standard InChI is InChI=1S/C48H31NO2S/c1-3-14-30(15-4-1)32-27-29-42-45(36-19-8-11-24-41(36)50-42)46(32)49(39-22-13-21-35-34-18-7-10-23-40(34)51-47(35)39)38-28-26-33(31-16-5-2-6-17-31)48-44(38)37-20-9-12-25-43(37)52-48/h2-3,5-29H,1,4H2. The number of para-hydroxylation sites is 3. The fraction of sp³-hybridized carbons (Fsp3) is 0.0417. The quantitative estimate of drug-likeness (QED) is 0.181. The summed E-state index contributed by atoms with van der Waals surface area (Å²) in [6, 6.07) is 51.9. The summed E-state index contributed by atoms with van der Waals surface area (Å²) < 4.78 is 16.0. The van der Waals surface area contributed by atoms with Crippen LogP contribution >= 0.6 is 11.3 Å². The van der Waals surface area contributed by atoms with E-state index < -0.39 is 0 Å². The van der Waals surface area contributed by atoms with Crippen molar-refractivity contribution in [3.05, 3.63) is 169 Å². The predicted molar refractivity (Wildman–Crippen MR) is 220 cm³/mol. The molecule has 0 saturated heterocycles. The first-order chi connectivity index (χ1) is 25.8. The van der Waals surface area contributed by atoms with Crippen LogP contribution in [0.5, 0.6) is 0 Å². The summed E-state index contributed by atoms with van der Waals surface area (Å²) >= 11 is 1.86. The normalized spacial score (nSPS) is 13.3. The van der Waals surface area contributed by atoms with E-state index in [9.17, 15) is 0 Å². The Labute approximate surface area is 303 Å². The molecular formula is C48H31NO2S. The van der Waals surface area contributed by atoms with Gasteiger partial charge in [0.05, 0.1) is 22.4 Å². The first-order valence-electron chi connectivity index (χ1n) is 17.8. The van der Waals surface area contributed by atoms with Gasteiger partial charge in [-0.05, 0) is 72.0 Å². The minimum absolute atomic E-state index is 0.854. The van der Waals surface area contributed by atoms with Crippen molar-refractivity contribution < 1.29 is 8.83 Å². The minimum atomic E-state index is 0.854. The Kier molecular flexibility index (Phi) is 6.55. The first kappa shape index (κ1) is 29.4. The molecule has 0 unspecified atom stereocenters. The molecule has 3 heterocycles. The number of thiophene rings is 1. The number of furan rings is 2. The highest BCUT2D eigenvalue weighted by Crippen LogP contribution is 2.54. The van der Waals surface area contributed by atoms with Crippen LogP contribution in [0.2, 0.25) is 0 Å². The molecule has 0 radical (unpaired) electrons. The number of nitrogens with zero attached hydrogens (tertiary/aromatic N) is 1. The molecule has 4 heteroatoms. The van der Waals surface area contributed by atoms with Crippen molar-refractivity contribution in [1.82, 2.24) is 0 Å². The molecule has 3 aromatic heterocycles. The SMILES string of the molecule is C1=CC(c2ccc3oc4ccccc4c3c2N(c2cccc3c2oc2ccccc23)c2ccc(-c3ccccc3)c3sc4ccccc4c23)=CCC1. The van der Waals surface area contributed by atoms with Crippen molar-refractivity contribution in [2.45, 2.75) is 12.8 Å². The predicted octanol–water partition coefficient (Wildman–Crippen LogP) is 14.7. The molecule has 7 aromatic carbocycles. The van der Waals surface area contributed by atoms with Gasteiger partial charge in [0.2, 0.25) is 0 Å². The van der Waals surface area contributed by atoms with Crippen molar-refractivity contribution in [3.8, 4) is 11.1 Å². The molecule has 0 atom stereocenters. The zero-order valence-electron chi connectivity index (χ0n) is 28.2. The van der Waals surface area contributed by atoms with Crippen LogP contribution in [0.4, 0.5) is 17.1 Å². The first-order valence-corrected chi connectivity index (χ1v) is 18.6. The van der Waals surface area contributed by atoms with Crippen LogP contribution < -0.4 is 4.90 Å². The average Bonchev–Trinajstić information content (AvgIpc) is 3.91. The summed E-state index contributed by atoms with van der Waals surface area (Å²) in [5.74, 6) is 0. The summed E-state index contributed by atoms with van der Waals surface area (Å²) in [5.41, 5.74) is 11.4. The van der Waals surface area contributed by atoms with Gasteiger partial charge in [-0.2, -0.15) is 0 Å². The topological polar surface area (TPSA) is 29.5 Å². The van der Waals surface area contributed by atoms with Crippen LogP contribution in [0.25, 0.3) is 80.7 Å². The lowest BCUT2D eigenvalue weighted by Gasteiger charge is -2.30. The lowest BCUT2D eigenvalue weighted by Crippen LogP contribution is -2.13. The molecule has 0 N–H and O–H groups in total. The Morgan fingerprint density at radius 3 is 2.08 bits per heavy atom. The summed E-state index contributed by atoms with van der Waals surface area (Å²) in [4.78, 5) is 2.48. The van der Waals surface area contributed by atoms with E-state index in [0.717, 1.165) is 79.3 Å². The molecule has 3 nitrogen and oxygen atoms in total. The van der Waals surface area contributed by atoms with Gasteiger partial charge in [-0.15, -0.1) is 11.3 Å². The molecule has 0 bridgehead atoms. The second-order valence-electron chi connectivity index (χ2n) is 13.5. The van der Waals surface area contributed by atoms with Gasteiger partial charge >= 0.3 is 0 Å². The van der Waals surface area contributed by atoms with Crippen molar-refractivity contribution >= 4 is 98.0 Å². The van der Waals surface area contributed by atoms with Gasteiger partial charge in [-0.1, -0.05) is 121 Å². The van der Waals surface area contributed by atoms with Gasteiger partial charge in [0.25, 0.3) is 0 Å². The molecule has 0 spiro atoms. The molecule has 0 aliphatic heterocycles. The van der Waals surface area contributed by atoms with E-state index in [-0.39, 0.29) is 0 Å². The fourth-order valence-electron chi connectivity index (χ4n) is 8.20. The van der Waals surface area contributed by atoms with Crippen LogP contribution in [-0.2, 0) is 0 Å². The third-order valence-electron chi connectivity index (χ3n) is 10.5. The summed E-state index contributed by atoms with van der Waals surface area (Å²) in [6.07, 6.45) is 8.99. The van der Waals surface area contributed by atoms with Gasteiger partial charge in [0.15, 0.2) is 5.58 Å². The highest BCUT2D eigenvalue weighted by atomic mass is 32.1. The van der Waals surface area contributed by atoms with Crippen LogP contribution in [0, 0.1) is 0 Å². The Morgan fingerprint density at radius 2 is 1.23 bits per heavy atom. The number of fused-ring (bicyclic) bond motifs is 9. The van der Waals surface area contributed by atoms with Crippen molar-refractivity contribution in [2.75, 3.05) is 4.90 Å². The molecule has 1 aliphatic carbocycles. The van der Waals surface area contributed by atoms with Gasteiger partial charge in [-0.25, -0.2) is 0 Å². The number of benzene rings is 7. The lowest BCUT2D eigenvalue weighted by atomic mass is 9.93. The zero-order chi connectivity index (χ0) is 34.2. The lowest BCUT2D eigenvalue weighted by molar-refractivity contribution is 0.668. The van der Waals surface area contributed by atoms with Crippen molar-refractivity contribution in [2.24, 2.45) is 0 Å². The number of anilines is 3. The van der Waals surface area contributed by atoms with Gasteiger partial charge in [0.1, 0.15) is 16.7 Å². The maximum Gasteiger partial charge on any atom is 0.159 e. The van der Waals surface area contributed by atoms with E-state index in [0.29, 0.717) is 0 Å². The zero-order valence-corrected chi connectivity index (χ0v) is 29.0. The molecule has 0 amide bonds. The van der Waals surface area contributed by atoms with Crippen LogP contribution in [0.15, 0.2) is 173 Å². The third kappa shape index (κ3) is 4.38. The second-order valence-corrected chi connectivity index (χ2v) is 14.5. The van der Waals surface area contributed by atoms with Crippen LogP contribution in [0.1, 0.15) is 18.4 Å². The largest absolute Gasteiger partial charge is 0.456 e. The minimum Gasteiger partial charge on any atom is -0.456 e. The molecule has 0 saturated carbocycles. The van der Waals surface area contributed by atoms with E-state index in [1.54, 1.807) is 0 Å². The molecule has 10 aromatic rings. The fourth-order valence-corrected chi connectivity index (χ4v) is 9.46. The van der Waals surface area contributed by atoms with Crippen molar-refractivity contribution in [3.63, 3.8) is 0 Å². The molecule has 52 heavy (non-hydrogen) atoms. The summed E-state index contributed by atoms with van der Waals surface area (Å²) in [5, 5.41) is 6.83. The molecule has 0 fully saturated rings. The van der Waals surface area contributed by atoms with Gasteiger partial charge < -0.3 is 13.7 Å².